The number of aromatic carboxylic acids is 1. The van der Waals surface area contributed by atoms with E-state index in [0.29, 0.717) is 23.5 Å². The number of carbonyl (C=O) groups is 1. The van der Waals surface area contributed by atoms with E-state index in [4.69, 9.17) is 9.84 Å². The van der Waals surface area contributed by atoms with Gasteiger partial charge in [-0.3, -0.25) is 0 Å². The predicted molar refractivity (Wildman–Crippen MR) is 70.0 cm³/mol. The van der Waals surface area contributed by atoms with E-state index in [9.17, 15) is 9.18 Å². The molecule has 0 aliphatic heterocycles. The maximum absolute atomic E-state index is 13.9. The van der Waals surface area contributed by atoms with Crippen LogP contribution in [0.25, 0.3) is 11.1 Å². The minimum Gasteiger partial charge on any atom is -0.494 e. The maximum atomic E-state index is 13.9. The summed E-state index contributed by atoms with van der Waals surface area (Å²) in [7, 11) is 0. The van der Waals surface area contributed by atoms with Gasteiger partial charge in [0.25, 0.3) is 0 Å². The molecule has 0 spiro atoms. The second kappa shape index (κ2) is 5.52. The molecule has 2 rings (SSSR count). The Morgan fingerprint density at radius 1 is 1.26 bits per heavy atom. The summed E-state index contributed by atoms with van der Waals surface area (Å²) >= 11 is 0. The molecule has 0 aliphatic carbocycles. The van der Waals surface area contributed by atoms with E-state index < -0.39 is 11.8 Å². The van der Waals surface area contributed by atoms with Gasteiger partial charge in [-0.05, 0) is 36.8 Å². The highest BCUT2D eigenvalue weighted by Crippen LogP contribution is 2.27. The summed E-state index contributed by atoms with van der Waals surface area (Å²) < 4.78 is 19.3. The van der Waals surface area contributed by atoms with Crippen molar-refractivity contribution in [1.82, 2.24) is 0 Å². The molecule has 0 heterocycles. The van der Waals surface area contributed by atoms with E-state index >= 15 is 0 Å². The molecule has 0 unspecified atom stereocenters. The molecule has 0 saturated heterocycles. The normalized spacial score (nSPS) is 10.2. The Hall–Kier alpha value is -2.36. The average molecular weight is 260 g/mol. The molecule has 0 saturated carbocycles. The molecule has 0 amide bonds. The van der Waals surface area contributed by atoms with E-state index in [0.717, 1.165) is 6.07 Å². The Morgan fingerprint density at radius 3 is 2.68 bits per heavy atom. The molecule has 0 fully saturated rings. The number of hydrogen-bond donors (Lipinski definition) is 1. The van der Waals surface area contributed by atoms with Crippen molar-refractivity contribution in [2.24, 2.45) is 0 Å². The van der Waals surface area contributed by atoms with Crippen LogP contribution in [0, 0.1) is 5.82 Å². The van der Waals surface area contributed by atoms with Gasteiger partial charge in [0.05, 0.1) is 12.2 Å². The van der Waals surface area contributed by atoms with Crippen LogP contribution in [0.3, 0.4) is 0 Å². The summed E-state index contributed by atoms with van der Waals surface area (Å²) in [6.07, 6.45) is 0. The van der Waals surface area contributed by atoms with Crippen LogP contribution in [0.15, 0.2) is 42.5 Å². The number of halogens is 1. The first-order valence-electron chi connectivity index (χ1n) is 5.88. The van der Waals surface area contributed by atoms with Crippen LogP contribution in [0.4, 0.5) is 4.39 Å². The second-order valence-electron chi connectivity index (χ2n) is 3.96. The van der Waals surface area contributed by atoms with Gasteiger partial charge in [-0.2, -0.15) is 0 Å². The zero-order valence-electron chi connectivity index (χ0n) is 10.4. The lowest BCUT2D eigenvalue weighted by atomic mass is 10.0. The Balaban J connectivity index is 2.41. The Bertz CT molecular complexity index is 608. The van der Waals surface area contributed by atoms with Crippen LogP contribution in [0.1, 0.15) is 17.3 Å². The Kier molecular flexibility index (Phi) is 3.80. The van der Waals surface area contributed by atoms with E-state index in [2.05, 4.69) is 0 Å². The molecule has 1 N–H and O–H groups in total. The van der Waals surface area contributed by atoms with E-state index in [1.165, 1.54) is 12.1 Å². The summed E-state index contributed by atoms with van der Waals surface area (Å²) in [5.41, 5.74) is 0.939. The standard InChI is InChI=1S/C15H13FO3/c1-2-19-12-5-3-4-10(8-12)13-7-6-11(15(17)18)9-14(13)16/h3-9H,2H2,1H3,(H,17,18). The number of hydrogen-bond acceptors (Lipinski definition) is 2. The predicted octanol–water partition coefficient (Wildman–Crippen LogP) is 3.59. The highest BCUT2D eigenvalue weighted by Gasteiger charge is 2.10. The van der Waals surface area contributed by atoms with Gasteiger partial charge in [0.2, 0.25) is 0 Å². The lowest BCUT2D eigenvalue weighted by molar-refractivity contribution is 0.0696. The van der Waals surface area contributed by atoms with Crippen molar-refractivity contribution in [3.8, 4) is 16.9 Å². The molecule has 0 bridgehead atoms. The fourth-order valence-corrected chi connectivity index (χ4v) is 1.80. The molecule has 19 heavy (non-hydrogen) atoms. The van der Waals surface area contributed by atoms with Crippen LogP contribution >= 0.6 is 0 Å². The van der Waals surface area contributed by atoms with Crippen molar-refractivity contribution in [2.45, 2.75) is 6.92 Å². The monoisotopic (exact) mass is 260 g/mol. The summed E-state index contributed by atoms with van der Waals surface area (Å²) in [6, 6.07) is 10.9. The molecular formula is C15H13FO3. The van der Waals surface area contributed by atoms with Crippen molar-refractivity contribution < 1.29 is 19.0 Å². The first-order valence-corrected chi connectivity index (χ1v) is 5.88. The van der Waals surface area contributed by atoms with Crippen molar-refractivity contribution in [1.29, 1.82) is 0 Å². The summed E-state index contributed by atoms with van der Waals surface area (Å²) in [6.45, 7) is 2.40. The van der Waals surface area contributed by atoms with Gasteiger partial charge in [-0.15, -0.1) is 0 Å². The first-order chi connectivity index (χ1) is 9.11. The van der Waals surface area contributed by atoms with E-state index in [1.807, 2.05) is 6.92 Å². The highest BCUT2D eigenvalue weighted by molar-refractivity contribution is 5.88. The third-order valence-electron chi connectivity index (χ3n) is 2.67. The molecule has 4 heteroatoms. The van der Waals surface area contributed by atoms with Crippen LogP contribution in [0.2, 0.25) is 0 Å². The fraction of sp³-hybridized carbons (Fsp3) is 0.133. The minimum atomic E-state index is -1.14. The third-order valence-corrected chi connectivity index (χ3v) is 2.67. The molecule has 3 nitrogen and oxygen atoms in total. The van der Waals surface area contributed by atoms with Gasteiger partial charge in [0.1, 0.15) is 11.6 Å². The molecule has 0 aromatic heterocycles. The smallest absolute Gasteiger partial charge is 0.335 e. The Labute approximate surface area is 110 Å². The highest BCUT2D eigenvalue weighted by atomic mass is 19.1. The van der Waals surface area contributed by atoms with Gasteiger partial charge in [0, 0.05) is 5.56 Å². The largest absolute Gasteiger partial charge is 0.494 e. The number of benzene rings is 2. The van der Waals surface area contributed by atoms with Gasteiger partial charge in [-0.1, -0.05) is 18.2 Å². The van der Waals surface area contributed by atoms with E-state index in [-0.39, 0.29) is 5.56 Å². The lowest BCUT2D eigenvalue weighted by Crippen LogP contribution is -1.98. The Morgan fingerprint density at radius 2 is 2.05 bits per heavy atom. The second-order valence-corrected chi connectivity index (χ2v) is 3.96. The molecule has 2 aromatic rings. The van der Waals surface area contributed by atoms with Crippen LogP contribution in [0.5, 0.6) is 5.75 Å². The number of ether oxygens (including phenoxy) is 1. The molecule has 98 valence electrons. The van der Waals surface area contributed by atoms with Crippen molar-refractivity contribution in [2.75, 3.05) is 6.61 Å². The first kappa shape index (κ1) is 13.1. The SMILES string of the molecule is CCOc1cccc(-c2ccc(C(=O)O)cc2F)c1. The summed E-state index contributed by atoms with van der Waals surface area (Å²) in [5, 5.41) is 8.80. The zero-order valence-corrected chi connectivity index (χ0v) is 10.4. The molecule has 0 radical (unpaired) electrons. The fourth-order valence-electron chi connectivity index (χ4n) is 1.80. The van der Waals surface area contributed by atoms with Crippen LogP contribution < -0.4 is 4.74 Å². The topological polar surface area (TPSA) is 46.5 Å². The zero-order chi connectivity index (χ0) is 13.8. The summed E-state index contributed by atoms with van der Waals surface area (Å²) in [5.74, 6) is -1.05. The van der Waals surface area contributed by atoms with Crippen LogP contribution in [-0.4, -0.2) is 17.7 Å². The summed E-state index contributed by atoms with van der Waals surface area (Å²) in [4.78, 5) is 10.8. The number of carboxylic acids is 1. The number of carboxylic acid groups (broad SMARTS) is 1. The van der Waals surface area contributed by atoms with Crippen molar-refractivity contribution >= 4 is 5.97 Å². The quantitative estimate of drug-likeness (QED) is 0.913. The van der Waals surface area contributed by atoms with Gasteiger partial charge < -0.3 is 9.84 Å². The molecular weight excluding hydrogens is 247 g/mol. The van der Waals surface area contributed by atoms with E-state index in [1.54, 1.807) is 24.3 Å². The van der Waals surface area contributed by atoms with Crippen molar-refractivity contribution in [3.63, 3.8) is 0 Å². The molecule has 0 atom stereocenters. The van der Waals surface area contributed by atoms with Gasteiger partial charge in [-0.25, -0.2) is 9.18 Å². The third kappa shape index (κ3) is 2.91. The molecule has 0 aliphatic rings. The van der Waals surface area contributed by atoms with Gasteiger partial charge in [0.15, 0.2) is 0 Å². The number of rotatable bonds is 4. The lowest BCUT2D eigenvalue weighted by Gasteiger charge is -2.07. The minimum absolute atomic E-state index is 0.0674. The maximum Gasteiger partial charge on any atom is 0.335 e. The molecule has 2 aromatic carbocycles. The van der Waals surface area contributed by atoms with Gasteiger partial charge >= 0.3 is 5.97 Å². The average Bonchev–Trinajstić information content (AvgIpc) is 2.39. The van der Waals surface area contributed by atoms with Crippen LogP contribution in [-0.2, 0) is 0 Å². The van der Waals surface area contributed by atoms with Crippen molar-refractivity contribution in [3.05, 3.63) is 53.8 Å².